The average molecular weight is 313 g/mol. The number of guanidine groups is 1. The zero-order chi connectivity index (χ0) is 15.6. The topological polar surface area (TPSA) is 65.7 Å². The van der Waals surface area contributed by atoms with Gasteiger partial charge in [-0.2, -0.15) is 4.98 Å². The number of benzene rings is 1. The molecule has 122 valence electrons. The molecule has 0 bridgehead atoms. The molecule has 0 unspecified atom stereocenters. The Balaban J connectivity index is 1.41. The molecule has 1 aliphatic carbocycles. The van der Waals surface area contributed by atoms with Gasteiger partial charge in [-0.1, -0.05) is 31.9 Å². The van der Waals surface area contributed by atoms with Crippen LogP contribution in [0.15, 0.2) is 33.7 Å². The summed E-state index contributed by atoms with van der Waals surface area (Å²) >= 11 is 0. The number of aliphatic imine (C=N–C) groups is 1. The van der Waals surface area contributed by atoms with Crippen molar-refractivity contribution in [3.8, 4) is 0 Å². The first-order valence-electron chi connectivity index (χ1n) is 8.44. The van der Waals surface area contributed by atoms with Gasteiger partial charge in [-0.15, -0.1) is 0 Å². The molecule has 6 nitrogen and oxygen atoms in total. The van der Waals surface area contributed by atoms with E-state index >= 15 is 0 Å². The Kier molecular flexibility index (Phi) is 3.91. The molecule has 1 aromatic heterocycles. The minimum atomic E-state index is 0.483. The normalized spacial score (nSPS) is 25.9. The van der Waals surface area contributed by atoms with Gasteiger partial charge in [0, 0.05) is 6.04 Å². The molecule has 23 heavy (non-hydrogen) atoms. The van der Waals surface area contributed by atoms with Gasteiger partial charge in [-0.3, -0.25) is 10.2 Å². The summed E-state index contributed by atoms with van der Waals surface area (Å²) in [6, 6.07) is 8.87. The molecular formula is C17H23N5O. The van der Waals surface area contributed by atoms with E-state index in [-0.39, 0.29) is 0 Å². The molecule has 0 spiro atoms. The van der Waals surface area contributed by atoms with Crippen molar-refractivity contribution >= 4 is 23.1 Å². The molecule has 2 heterocycles. The fourth-order valence-corrected chi connectivity index (χ4v) is 3.62. The smallest absolute Gasteiger partial charge is 0.302 e. The van der Waals surface area contributed by atoms with Crippen LogP contribution in [0, 0.1) is 5.92 Å². The summed E-state index contributed by atoms with van der Waals surface area (Å²) in [5, 5.41) is 6.48. The van der Waals surface area contributed by atoms with E-state index in [2.05, 4.69) is 32.4 Å². The Labute approximate surface area is 136 Å². The van der Waals surface area contributed by atoms with Crippen LogP contribution in [0.3, 0.4) is 0 Å². The highest BCUT2D eigenvalue weighted by molar-refractivity contribution is 5.93. The van der Waals surface area contributed by atoms with Crippen LogP contribution in [-0.4, -0.2) is 35.2 Å². The minimum absolute atomic E-state index is 0.483. The maximum Gasteiger partial charge on any atom is 0.302 e. The molecule has 2 aliphatic rings. The first-order valence-corrected chi connectivity index (χ1v) is 8.44. The van der Waals surface area contributed by atoms with Gasteiger partial charge in [0.1, 0.15) is 5.52 Å². The maximum absolute atomic E-state index is 5.67. The second-order valence-corrected chi connectivity index (χ2v) is 6.51. The lowest BCUT2D eigenvalue weighted by Gasteiger charge is -2.39. The van der Waals surface area contributed by atoms with Gasteiger partial charge in [0.05, 0.1) is 13.3 Å². The monoisotopic (exact) mass is 313 g/mol. The van der Waals surface area contributed by atoms with Crippen LogP contribution in [0.25, 0.3) is 11.1 Å². The van der Waals surface area contributed by atoms with E-state index < -0.39 is 0 Å². The summed E-state index contributed by atoms with van der Waals surface area (Å²) in [4.78, 5) is 11.5. The lowest BCUT2D eigenvalue weighted by atomic mass is 9.85. The molecule has 1 aliphatic heterocycles. The molecule has 1 aromatic carbocycles. The fourth-order valence-electron chi connectivity index (χ4n) is 3.62. The lowest BCUT2D eigenvalue weighted by Crippen LogP contribution is -2.52. The Morgan fingerprint density at radius 1 is 1.26 bits per heavy atom. The summed E-state index contributed by atoms with van der Waals surface area (Å²) in [6.07, 6.45) is 5.32. The van der Waals surface area contributed by atoms with E-state index in [4.69, 9.17) is 4.42 Å². The summed E-state index contributed by atoms with van der Waals surface area (Å²) in [7, 11) is 0. The first-order chi connectivity index (χ1) is 11.3. The van der Waals surface area contributed by atoms with Crippen molar-refractivity contribution in [3.05, 3.63) is 24.3 Å². The zero-order valence-electron chi connectivity index (χ0n) is 13.5. The number of rotatable bonds is 2. The van der Waals surface area contributed by atoms with Crippen LogP contribution in [0.5, 0.6) is 0 Å². The fraction of sp³-hybridized carbons (Fsp3) is 0.529. The van der Waals surface area contributed by atoms with Crippen molar-refractivity contribution in [3.63, 3.8) is 0 Å². The largest absolute Gasteiger partial charge is 0.423 e. The van der Waals surface area contributed by atoms with Gasteiger partial charge in [-0.25, -0.2) is 4.99 Å². The number of oxazole rings is 1. The van der Waals surface area contributed by atoms with Crippen molar-refractivity contribution < 1.29 is 4.42 Å². The second-order valence-electron chi connectivity index (χ2n) is 6.51. The molecule has 0 amide bonds. The molecular weight excluding hydrogens is 290 g/mol. The number of anilines is 1. The van der Waals surface area contributed by atoms with Crippen molar-refractivity contribution in [2.45, 2.75) is 38.6 Å². The Morgan fingerprint density at radius 2 is 2.13 bits per heavy atom. The molecule has 4 rings (SSSR count). The summed E-state index contributed by atoms with van der Waals surface area (Å²) < 4.78 is 5.67. The van der Waals surface area contributed by atoms with E-state index in [0.717, 1.165) is 36.3 Å². The van der Waals surface area contributed by atoms with E-state index in [1.165, 1.54) is 25.7 Å². The molecule has 1 saturated carbocycles. The van der Waals surface area contributed by atoms with Gasteiger partial charge in [0.15, 0.2) is 5.58 Å². The Morgan fingerprint density at radius 3 is 2.91 bits per heavy atom. The molecule has 2 N–H and O–H groups in total. The van der Waals surface area contributed by atoms with Gasteiger partial charge < -0.3 is 9.73 Å². The number of hydrogen-bond donors (Lipinski definition) is 2. The van der Waals surface area contributed by atoms with Gasteiger partial charge in [0.25, 0.3) is 0 Å². The molecule has 1 fully saturated rings. The van der Waals surface area contributed by atoms with Crippen LogP contribution < -0.4 is 10.6 Å². The minimum Gasteiger partial charge on any atom is -0.423 e. The SMILES string of the molecule is C[C@H]1CCCC[C@H]1N1CN=C(Nc2nc3ccccc3o2)NC1. The van der Waals surface area contributed by atoms with Crippen LogP contribution in [0.1, 0.15) is 32.6 Å². The van der Waals surface area contributed by atoms with Crippen molar-refractivity contribution in [1.29, 1.82) is 0 Å². The van der Waals surface area contributed by atoms with E-state index in [0.29, 0.717) is 12.1 Å². The van der Waals surface area contributed by atoms with Gasteiger partial charge >= 0.3 is 6.01 Å². The van der Waals surface area contributed by atoms with Gasteiger partial charge in [0.2, 0.25) is 5.96 Å². The molecule has 2 aromatic rings. The number of para-hydroxylation sites is 2. The Bertz CT molecular complexity index is 677. The highest BCUT2D eigenvalue weighted by Crippen LogP contribution is 2.28. The molecule has 0 saturated heterocycles. The lowest BCUT2D eigenvalue weighted by molar-refractivity contribution is 0.107. The zero-order valence-corrected chi connectivity index (χ0v) is 13.5. The average Bonchev–Trinajstić information content (AvgIpc) is 2.98. The first kappa shape index (κ1) is 14.5. The van der Waals surface area contributed by atoms with Crippen molar-refractivity contribution in [2.75, 3.05) is 18.7 Å². The number of nitrogens with one attached hydrogen (secondary N) is 2. The number of aromatic nitrogens is 1. The maximum atomic E-state index is 5.67. The highest BCUT2D eigenvalue weighted by atomic mass is 16.4. The van der Waals surface area contributed by atoms with E-state index in [9.17, 15) is 0 Å². The second kappa shape index (κ2) is 6.20. The van der Waals surface area contributed by atoms with E-state index in [1.54, 1.807) is 0 Å². The van der Waals surface area contributed by atoms with E-state index in [1.807, 2.05) is 24.3 Å². The Hall–Kier alpha value is -2.08. The molecule has 6 heteroatoms. The number of hydrogen-bond acceptors (Lipinski definition) is 6. The van der Waals surface area contributed by atoms with Crippen LogP contribution >= 0.6 is 0 Å². The van der Waals surface area contributed by atoms with Crippen LogP contribution in [0.4, 0.5) is 6.01 Å². The number of fused-ring (bicyclic) bond motifs is 1. The summed E-state index contributed by atoms with van der Waals surface area (Å²) in [5.74, 6) is 1.49. The van der Waals surface area contributed by atoms with Crippen molar-refractivity contribution in [2.24, 2.45) is 10.9 Å². The predicted octanol–water partition coefficient (Wildman–Crippen LogP) is 2.99. The third-order valence-corrected chi connectivity index (χ3v) is 4.91. The quantitative estimate of drug-likeness (QED) is 0.892. The third-order valence-electron chi connectivity index (χ3n) is 4.91. The van der Waals surface area contributed by atoms with Crippen molar-refractivity contribution in [1.82, 2.24) is 15.2 Å². The third kappa shape index (κ3) is 3.03. The highest BCUT2D eigenvalue weighted by Gasteiger charge is 2.28. The van der Waals surface area contributed by atoms with Gasteiger partial charge in [-0.05, 0) is 30.9 Å². The standard InChI is InChI=1S/C17H23N5O/c1-12-6-2-4-8-14(12)22-10-18-16(19-11-22)21-17-20-13-7-3-5-9-15(13)23-17/h3,5,7,9,12,14H,2,4,6,8,10-11H2,1H3,(H2,18,19,20,21)/t12-,14+/m0/s1. The van der Waals surface area contributed by atoms with Crippen LogP contribution in [0.2, 0.25) is 0 Å². The summed E-state index contributed by atoms with van der Waals surface area (Å²) in [5.41, 5.74) is 1.63. The predicted molar refractivity (Wildman–Crippen MR) is 91.2 cm³/mol. The number of nitrogens with zero attached hydrogens (tertiary/aromatic N) is 3. The van der Waals surface area contributed by atoms with Crippen LogP contribution in [-0.2, 0) is 0 Å². The molecule has 0 radical (unpaired) electrons. The molecule has 2 atom stereocenters. The summed E-state index contributed by atoms with van der Waals surface area (Å²) in [6.45, 7) is 3.91.